The van der Waals surface area contributed by atoms with Crippen LogP contribution in [-0.2, 0) is 0 Å². The number of nitrogens with zero attached hydrogens (tertiary/aromatic N) is 3. The Labute approximate surface area is 146 Å². The highest BCUT2D eigenvalue weighted by Gasteiger charge is 2.15. The minimum absolute atomic E-state index is 0.754. The first-order valence-corrected chi connectivity index (χ1v) is 8.46. The molecule has 0 saturated carbocycles. The van der Waals surface area contributed by atoms with Gasteiger partial charge in [-0.1, -0.05) is 18.2 Å². The second kappa shape index (κ2) is 6.06. The minimum Gasteiger partial charge on any atom is -0.398 e. The van der Waals surface area contributed by atoms with Gasteiger partial charge in [-0.2, -0.15) is 0 Å². The maximum atomic E-state index is 6.19. The zero-order valence-electron chi connectivity index (χ0n) is 14.4. The highest BCUT2D eigenvalue weighted by molar-refractivity contribution is 5.86. The number of para-hydroxylation sites is 1. The summed E-state index contributed by atoms with van der Waals surface area (Å²) in [5.74, 6) is 0. The Morgan fingerprint density at radius 2 is 1.84 bits per heavy atom. The first-order valence-electron chi connectivity index (χ1n) is 8.46. The Morgan fingerprint density at radius 3 is 2.60 bits per heavy atom. The van der Waals surface area contributed by atoms with E-state index in [1.54, 1.807) is 0 Å². The van der Waals surface area contributed by atoms with E-state index in [1.807, 2.05) is 56.3 Å². The third-order valence-corrected chi connectivity index (χ3v) is 4.40. The smallest absolute Gasteiger partial charge is 0.0882 e. The molecule has 2 aromatic carbocycles. The zero-order valence-corrected chi connectivity index (χ0v) is 14.4. The predicted octanol–water partition coefficient (Wildman–Crippen LogP) is 3.94. The van der Waals surface area contributed by atoms with Crippen molar-refractivity contribution in [1.82, 2.24) is 9.55 Å². The summed E-state index contributed by atoms with van der Waals surface area (Å²) in [6, 6.07) is 20.5. The molecule has 0 spiro atoms. The molecule has 2 aliphatic rings. The van der Waals surface area contributed by atoms with Crippen LogP contribution in [0.4, 0.5) is 5.69 Å². The molecule has 25 heavy (non-hydrogen) atoms. The van der Waals surface area contributed by atoms with E-state index < -0.39 is 0 Å². The van der Waals surface area contributed by atoms with Crippen molar-refractivity contribution in [1.29, 1.82) is 0 Å². The first kappa shape index (κ1) is 15.4. The van der Waals surface area contributed by atoms with Gasteiger partial charge in [0.25, 0.3) is 0 Å². The fourth-order valence-electron chi connectivity index (χ4n) is 3.15. The average Bonchev–Trinajstić information content (AvgIpc) is 2.62. The zero-order chi connectivity index (χ0) is 17.4. The molecule has 1 aliphatic heterocycles. The fourth-order valence-corrected chi connectivity index (χ4v) is 3.15. The summed E-state index contributed by atoms with van der Waals surface area (Å²) in [6.45, 7) is 4.80. The van der Waals surface area contributed by atoms with Crippen LogP contribution < -0.4 is 11.1 Å². The van der Waals surface area contributed by atoms with E-state index in [2.05, 4.69) is 27.8 Å². The van der Waals surface area contributed by atoms with Crippen LogP contribution in [0, 0.1) is 6.92 Å². The van der Waals surface area contributed by atoms with Crippen LogP contribution in [0.15, 0.2) is 65.7 Å². The van der Waals surface area contributed by atoms with Crippen LogP contribution in [0.5, 0.6) is 0 Å². The molecule has 4 nitrogen and oxygen atoms in total. The van der Waals surface area contributed by atoms with E-state index in [4.69, 9.17) is 10.7 Å². The number of fused-ring (bicyclic) bond motifs is 2. The van der Waals surface area contributed by atoms with E-state index in [1.165, 1.54) is 0 Å². The van der Waals surface area contributed by atoms with Gasteiger partial charge in [-0.3, -0.25) is 4.99 Å². The van der Waals surface area contributed by atoms with Gasteiger partial charge in [0.1, 0.15) is 0 Å². The van der Waals surface area contributed by atoms with Crippen molar-refractivity contribution < 1.29 is 0 Å². The van der Waals surface area contributed by atoms with Gasteiger partial charge in [0.15, 0.2) is 0 Å². The van der Waals surface area contributed by atoms with Crippen molar-refractivity contribution in [3.8, 4) is 17.1 Å². The molecule has 0 fully saturated rings. The summed E-state index contributed by atoms with van der Waals surface area (Å²) >= 11 is 0. The van der Waals surface area contributed by atoms with Gasteiger partial charge < -0.3 is 10.3 Å². The summed E-state index contributed by atoms with van der Waals surface area (Å²) in [6.07, 6.45) is 0. The molecule has 4 rings (SSSR count). The number of benzene rings is 3. The SMILES string of the molecule is CCN=c1ccc2nc3cc(C)c(N)cc3n(-c3ccccc3)c-2c1. The molecular formula is C21H20N4. The molecule has 2 aromatic rings. The second-order valence-corrected chi connectivity index (χ2v) is 6.13. The van der Waals surface area contributed by atoms with Gasteiger partial charge in [-0.15, -0.1) is 0 Å². The van der Waals surface area contributed by atoms with Crippen molar-refractivity contribution in [2.24, 2.45) is 4.99 Å². The number of hydrogen-bond acceptors (Lipinski definition) is 3. The van der Waals surface area contributed by atoms with Crippen LogP contribution in [0.2, 0.25) is 0 Å². The van der Waals surface area contributed by atoms with Crippen molar-refractivity contribution in [3.05, 3.63) is 71.6 Å². The van der Waals surface area contributed by atoms with Gasteiger partial charge >= 0.3 is 0 Å². The number of rotatable bonds is 2. The quantitative estimate of drug-likeness (QED) is 0.447. The standard InChI is InChI=1S/C21H20N4/c1-3-23-15-9-10-18-20(12-15)25(16-7-5-4-6-8-16)21-13-17(22)14(2)11-19(21)24-18/h4-13H,3,22H2,1-2H3. The highest BCUT2D eigenvalue weighted by atomic mass is 15.0. The Balaban J connectivity index is 2.20. The summed E-state index contributed by atoms with van der Waals surface area (Å²) in [5, 5.41) is 0.959. The Kier molecular flexibility index (Phi) is 3.73. The molecule has 0 atom stereocenters. The second-order valence-electron chi connectivity index (χ2n) is 6.13. The van der Waals surface area contributed by atoms with Crippen molar-refractivity contribution in [2.75, 3.05) is 12.3 Å². The first-order chi connectivity index (χ1) is 12.2. The van der Waals surface area contributed by atoms with Crippen molar-refractivity contribution >= 4 is 16.7 Å². The summed E-state index contributed by atoms with van der Waals surface area (Å²) in [4.78, 5) is 9.39. The number of hydrogen-bond donors (Lipinski definition) is 1. The molecular weight excluding hydrogens is 308 g/mol. The molecule has 0 amide bonds. The number of aryl methyl sites for hydroxylation is 1. The van der Waals surface area contributed by atoms with Gasteiger partial charge in [0.05, 0.1) is 27.8 Å². The minimum atomic E-state index is 0.754. The topological polar surface area (TPSA) is 56.2 Å². The number of aromatic nitrogens is 2. The molecule has 2 N–H and O–H groups in total. The summed E-state index contributed by atoms with van der Waals surface area (Å²) in [5.41, 5.74) is 13.0. The predicted molar refractivity (Wildman–Crippen MR) is 103 cm³/mol. The Morgan fingerprint density at radius 1 is 1.04 bits per heavy atom. The molecule has 124 valence electrons. The molecule has 0 saturated heterocycles. The lowest BCUT2D eigenvalue weighted by atomic mass is 10.1. The molecule has 0 bridgehead atoms. The molecule has 1 heterocycles. The normalized spacial score (nSPS) is 12.2. The van der Waals surface area contributed by atoms with Crippen LogP contribution in [-0.4, -0.2) is 16.1 Å². The van der Waals surface area contributed by atoms with E-state index >= 15 is 0 Å². The molecule has 0 aromatic heterocycles. The average molecular weight is 328 g/mol. The van der Waals surface area contributed by atoms with E-state index in [0.29, 0.717) is 0 Å². The Hall–Kier alpha value is -3.14. The number of nitrogens with two attached hydrogens (primary N) is 1. The lowest BCUT2D eigenvalue weighted by molar-refractivity contribution is 1.04. The molecule has 1 aliphatic carbocycles. The molecule has 0 radical (unpaired) electrons. The lowest BCUT2D eigenvalue weighted by Crippen LogP contribution is -2.11. The van der Waals surface area contributed by atoms with Gasteiger partial charge in [-0.25, -0.2) is 4.98 Å². The van der Waals surface area contributed by atoms with E-state index in [9.17, 15) is 0 Å². The van der Waals surface area contributed by atoms with E-state index in [-0.39, 0.29) is 0 Å². The largest absolute Gasteiger partial charge is 0.398 e. The Bertz CT molecular complexity index is 1090. The summed E-state index contributed by atoms with van der Waals surface area (Å²) in [7, 11) is 0. The number of anilines is 1. The highest BCUT2D eigenvalue weighted by Crippen LogP contribution is 2.30. The van der Waals surface area contributed by atoms with Crippen LogP contribution in [0.25, 0.3) is 28.1 Å². The van der Waals surface area contributed by atoms with Crippen molar-refractivity contribution in [3.63, 3.8) is 0 Å². The maximum absolute atomic E-state index is 6.19. The fraction of sp³-hybridized carbons (Fsp3) is 0.143. The lowest BCUT2D eigenvalue weighted by Gasteiger charge is -2.19. The third-order valence-electron chi connectivity index (χ3n) is 4.40. The van der Waals surface area contributed by atoms with E-state index in [0.717, 1.165) is 51.3 Å². The molecule has 0 unspecified atom stereocenters. The molecule has 4 heteroatoms. The van der Waals surface area contributed by atoms with Crippen LogP contribution in [0.3, 0.4) is 0 Å². The third kappa shape index (κ3) is 2.66. The van der Waals surface area contributed by atoms with Gasteiger partial charge in [-0.05, 0) is 61.9 Å². The van der Waals surface area contributed by atoms with Gasteiger partial charge in [0, 0.05) is 17.9 Å². The van der Waals surface area contributed by atoms with Crippen LogP contribution in [0.1, 0.15) is 12.5 Å². The number of nitrogen functional groups attached to an aromatic ring is 1. The van der Waals surface area contributed by atoms with Crippen LogP contribution >= 0.6 is 0 Å². The monoisotopic (exact) mass is 328 g/mol. The van der Waals surface area contributed by atoms with Gasteiger partial charge in [0.2, 0.25) is 0 Å². The maximum Gasteiger partial charge on any atom is 0.0882 e. The summed E-state index contributed by atoms with van der Waals surface area (Å²) < 4.78 is 2.21. The van der Waals surface area contributed by atoms with Crippen molar-refractivity contribution in [2.45, 2.75) is 13.8 Å².